The lowest BCUT2D eigenvalue weighted by Crippen LogP contribution is -2.44. The smallest absolute Gasteiger partial charge is 0.240 e. The van der Waals surface area contributed by atoms with Crippen molar-refractivity contribution in [3.8, 4) is 0 Å². The normalized spacial score (nSPS) is 25.2. The Kier molecular flexibility index (Phi) is 7.88. The van der Waals surface area contributed by atoms with E-state index in [9.17, 15) is 30.8 Å². The summed E-state index contributed by atoms with van der Waals surface area (Å²) in [5.74, 6) is -1.32. The Balaban J connectivity index is 1.36. The van der Waals surface area contributed by atoms with E-state index in [1.54, 1.807) is 0 Å². The monoisotopic (exact) mass is 489 g/mol. The van der Waals surface area contributed by atoms with Gasteiger partial charge in [-0.05, 0) is 62.3 Å². The van der Waals surface area contributed by atoms with E-state index in [2.05, 4.69) is 15.4 Å². The molecule has 1 aliphatic carbocycles. The van der Waals surface area contributed by atoms with Crippen molar-refractivity contribution >= 4 is 31.7 Å². The van der Waals surface area contributed by atoms with Crippen molar-refractivity contribution < 1.29 is 30.8 Å². The Morgan fingerprint density at radius 3 is 2.28 bits per heavy atom. The molecule has 2 fully saturated rings. The van der Waals surface area contributed by atoms with Gasteiger partial charge >= 0.3 is 0 Å². The number of carbonyl (C=O) groups excluding carboxylic acids is 2. The molecule has 2 aliphatic rings. The second kappa shape index (κ2) is 10.3. The fourth-order valence-corrected chi connectivity index (χ4v) is 6.84. The lowest BCUT2D eigenvalue weighted by molar-refractivity contribution is -0.129. The third-order valence-corrected chi connectivity index (χ3v) is 9.13. The molecular formula is C20H28FN3O6S2. The van der Waals surface area contributed by atoms with E-state index >= 15 is 0 Å². The molecule has 1 saturated heterocycles. The zero-order valence-electron chi connectivity index (χ0n) is 17.5. The molecule has 1 atom stereocenters. The number of sulfonamides is 1. The summed E-state index contributed by atoms with van der Waals surface area (Å²) < 4.78 is 63.0. The van der Waals surface area contributed by atoms with E-state index < -0.39 is 37.6 Å². The highest BCUT2D eigenvalue weighted by atomic mass is 32.2. The Morgan fingerprint density at radius 2 is 1.69 bits per heavy atom. The highest BCUT2D eigenvalue weighted by Gasteiger charge is 2.30. The van der Waals surface area contributed by atoms with E-state index in [1.807, 2.05) is 0 Å². The summed E-state index contributed by atoms with van der Waals surface area (Å²) >= 11 is 0. The summed E-state index contributed by atoms with van der Waals surface area (Å²) in [6, 6.07) is 4.20. The molecule has 1 aliphatic heterocycles. The van der Waals surface area contributed by atoms with Gasteiger partial charge in [0.15, 0.2) is 9.84 Å². The predicted octanol–water partition coefficient (Wildman–Crippen LogP) is 0.330. The number of nitrogens with one attached hydrogen (secondary N) is 3. The third kappa shape index (κ3) is 6.97. The van der Waals surface area contributed by atoms with Crippen LogP contribution in [0.2, 0.25) is 0 Å². The zero-order valence-corrected chi connectivity index (χ0v) is 19.2. The van der Waals surface area contributed by atoms with Gasteiger partial charge in [-0.1, -0.05) is 0 Å². The Bertz CT molecular complexity index is 1040. The van der Waals surface area contributed by atoms with E-state index in [4.69, 9.17) is 0 Å². The van der Waals surface area contributed by atoms with Crippen molar-refractivity contribution in [1.29, 1.82) is 0 Å². The van der Waals surface area contributed by atoms with Crippen molar-refractivity contribution in [3.63, 3.8) is 0 Å². The molecular weight excluding hydrogens is 461 g/mol. The molecule has 0 unspecified atom stereocenters. The van der Waals surface area contributed by atoms with Gasteiger partial charge in [0, 0.05) is 18.5 Å². The van der Waals surface area contributed by atoms with Gasteiger partial charge in [0.1, 0.15) is 5.82 Å². The van der Waals surface area contributed by atoms with Gasteiger partial charge in [-0.15, -0.1) is 0 Å². The standard InChI is InChI=1S/C20H28FN3O6S2/c21-16-5-7-18(8-6-16)32(29,30)23-11-14-1-3-15(4-2-14)20(26)22-12-19(25)24-17-9-10-31(27,28)13-17/h5-8,14-15,17,23H,1-4,9-13H2,(H,22,26)(H,24,25)/t14?,15?,17-/m1/s1. The minimum Gasteiger partial charge on any atom is -0.351 e. The second-order valence-corrected chi connectivity index (χ2v) is 12.4. The summed E-state index contributed by atoms with van der Waals surface area (Å²) in [7, 11) is -6.81. The van der Waals surface area contributed by atoms with Crippen LogP contribution in [0.25, 0.3) is 0 Å². The molecule has 3 N–H and O–H groups in total. The van der Waals surface area contributed by atoms with Crippen molar-refractivity contribution in [2.45, 2.75) is 43.0 Å². The van der Waals surface area contributed by atoms with E-state index in [1.165, 1.54) is 12.1 Å². The van der Waals surface area contributed by atoms with Gasteiger partial charge in [0.05, 0.1) is 22.9 Å². The molecule has 3 rings (SSSR count). The fraction of sp³-hybridized carbons (Fsp3) is 0.600. The highest BCUT2D eigenvalue weighted by Crippen LogP contribution is 2.28. The molecule has 1 aromatic rings. The second-order valence-electron chi connectivity index (χ2n) is 8.41. The van der Waals surface area contributed by atoms with E-state index in [-0.39, 0.29) is 47.2 Å². The van der Waals surface area contributed by atoms with Crippen molar-refractivity contribution in [3.05, 3.63) is 30.1 Å². The van der Waals surface area contributed by atoms with Gasteiger partial charge in [-0.25, -0.2) is 25.9 Å². The van der Waals surface area contributed by atoms with Crippen molar-refractivity contribution in [2.24, 2.45) is 11.8 Å². The number of sulfone groups is 1. The average Bonchev–Trinajstić information content (AvgIpc) is 3.09. The maximum Gasteiger partial charge on any atom is 0.240 e. The molecule has 1 aromatic carbocycles. The predicted molar refractivity (Wildman–Crippen MR) is 115 cm³/mol. The number of hydrogen-bond donors (Lipinski definition) is 3. The molecule has 1 heterocycles. The van der Waals surface area contributed by atoms with Crippen LogP contribution in [0.15, 0.2) is 29.2 Å². The summed E-state index contributed by atoms with van der Waals surface area (Å²) in [6.07, 6.45) is 2.87. The molecule has 1 saturated carbocycles. The quantitative estimate of drug-likeness (QED) is 0.481. The molecule has 0 radical (unpaired) electrons. The fourth-order valence-electron chi connectivity index (χ4n) is 4.05. The lowest BCUT2D eigenvalue weighted by atomic mass is 9.81. The van der Waals surface area contributed by atoms with E-state index in [0.717, 1.165) is 12.1 Å². The van der Waals surface area contributed by atoms with Gasteiger partial charge in [-0.2, -0.15) is 0 Å². The van der Waals surface area contributed by atoms with Crippen LogP contribution in [0.3, 0.4) is 0 Å². The maximum atomic E-state index is 13.0. The zero-order chi connectivity index (χ0) is 23.4. The highest BCUT2D eigenvalue weighted by molar-refractivity contribution is 7.91. The summed E-state index contributed by atoms with van der Waals surface area (Å²) in [6.45, 7) is 0.0352. The minimum atomic E-state index is -3.72. The molecule has 32 heavy (non-hydrogen) atoms. The first-order valence-electron chi connectivity index (χ1n) is 10.6. The molecule has 0 spiro atoms. The van der Waals surface area contributed by atoms with Crippen LogP contribution >= 0.6 is 0 Å². The van der Waals surface area contributed by atoms with Gasteiger partial charge in [-0.3, -0.25) is 9.59 Å². The Hall–Kier alpha value is -2.05. The van der Waals surface area contributed by atoms with Crippen LogP contribution in [-0.2, 0) is 29.4 Å². The van der Waals surface area contributed by atoms with Crippen molar-refractivity contribution in [2.75, 3.05) is 24.6 Å². The van der Waals surface area contributed by atoms with Crippen molar-refractivity contribution in [1.82, 2.24) is 15.4 Å². The number of amides is 2. The summed E-state index contributed by atoms with van der Waals surface area (Å²) in [4.78, 5) is 24.3. The van der Waals surface area contributed by atoms with Crippen LogP contribution in [0.1, 0.15) is 32.1 Å². The van der Waals surface area contributed by atoms with Crippen LogP contribution in [0.4, 0.5) is 4.39 Å². The Labute approximate surface area is 187 Å². The maximum absolute atomic E-state index is 13.0. The van der Waals surface area contributed by atoms with Crippen LogP contribution < -0.4 is 15.4 Å². The lowest BCUT2D eigenvalue weighted by Gasteiger charge is -2.27. The minimum absolute atomic E-state index is 0.000411. The van der Waals surface area contributed by atoms with Crippen LogP contribution in [-0.4, -0.2) is 59.3 Å². The molecule has 2 amide bonds. The molecule has 178 valence electrons. The molecule has 12 heteroatoms. The number of benzene rings is 1. The van der Waals surface area contributed by atoms with Gasteiger partial charge in [0.2, 0.25) is 21.8 Å². The topological polar surface area (TPSA) is 139 Å². The largest absolute Gasteiger partial charge is 0.351 e. The first kappa shape index (κ1) is 24.6. The number of rotatable bonds is 8. The molecule has 0 bridgehead atoms. The first-order chi connectivity index (χ1) is 15.0. The molecule has 9 nitrogen and oxygen atoms in total. The molecule has 0 aromatic heterocycles. The summed E-state index contributed by atoms with van der Waals surface area (Å²) in [5, 5.41) is 5.23. The van der Waals surface area contributed by atoms with Crippen LogP contribution in [0, 0.1) is 17.7 Å². The first-order valence-corrected chi connectivity index (χ1v) is 13.9. The van der Waals surface area contributed by atoms with Crippen LogP contribution in [0.5, 0.6) is 0 Å². The van der Waals surface area contributed by atoms with Gasteiger partial charge in [0.25, 0.3) is 0 Å². The average molecular weight is 490 g/mol. The SMILES string of the molecule is O=C(CNC(=O)C1CCC(CNS(=O)(=O)c2ccc(F)cc2)CC1)N[C@@H]1CCS(=O)(=O)C1. The Morgan fingerprint density at radius 1 is 1.03 bits per heavy atom. The summed E-state index contributed by atoms with van der Waals surface area (Å²) in [5.41, 5.74) is 0. The number of halogens is 1. The van der Waals surface area contributed by atoms with E-state index in [0.29, 0.717) is 32.1 Å². The number of hydrogen-bond acceptors (Lipinski definition) is 6. The number of carbonyl (C=O) groups is 2. The third-order valence-electron chi connectivity index (χ3n) is 5.92. The van der Waals surface area contributed by atoms with Gasteiger partial charge < -0.3 is 10.6 Å².